The van der Waals surface area contributed by atoms with Crippen molar-refractivity contribution in [1.82, 2.24) is 5.32 Å². The number of hydrogen-bond donors (Lipinski definition) is 2. The first-order chi connectivity index (χ1) is 13.0. The lowest BCUT2D eigenvalue weighted by Gasteiger charge is -2.20. The molecule has 1 aromatic heterocycles. The Morgan fingerprint density at radius 3 is 2.15 bits per heavy atom. The number of Topliss-reactive ketones (excluding diaryl/α,β-unsaturated/α-hetero) is 1. The number of aromatic carboxylic acids is 1. The summed E-state index contributed by atoms with van der Waals surface area (Å²) < 4.78 is 5.05. The van der Waals surface area contributed by atoms with Gasteiger partial charge in [0.15, 0.2) is 11.9 Å². The number of amides is 1. The first kappa shape index (κ1) is 17.9. The van der Waals surface area contributed by atoms with Crippen LogP contribution in [-0.4, -0.2) is 23.8 Å². The van der Waals surface area contributed by atoms with Gasteiger partial charge in [-0.1, -0.05) is 42.5 Å². The smallest absolute Gasteiger partial charge is 0.288 e. The summed E-state index contributed by atoms with van der Waals surface area (Å²) in [6, 6.07) is 17.2. The number of carboxylic acids is 1. The standard InChI is InChI=1S/C20H16N2O5/c23-17(13-5-2-1-3-6-13)18(22-19(24)16-7-4-12-27-16)21-15-10-8-14(9-11-15)20(25)26/h1-12,18,21H,(H,22,24)(H,25,26)/p-1. The van der Waals surface area contributed by atoms with E-state index in [4.69, 9.17) is 4.42 Å². The molecule has 2 N–H and O–H groups in total. The van der Waals surface area contributed by atoms with Gasteiger partial charge in [0.1, 0.15) is 0 Å². The van der Waals surface area contributed by atoms with Gasteiger partial charge in [0.05, 0.1) is 12.2 Å². The van der Waals surface area contributed by atoms with Crippen LogP contribution in [0.25, 0.3) is 0 Å². The quantitative estimate of drug-likeness (QED) is 0.488. The number of carbonyl (C=O) groups is 3. The highest BCUT2D eigenvalue weighted by molar-refractivity contribution is 6.04. The number of anilines is 1. The molecule has 0 radical (unpaired) electrons. The first-order valence-corrected chi connectivity index (χ1v) is 8.06. The minimum Gasteiger partial charge on any atom is -0.545 e. The molecule has 2 aromatic carbocycles. The summed E-state index contributed by atoms with van der Waals surface area (Å²) >= 11 is 0. The Morgan fingerprint density at radius 2 is 1.56 bits per heavy atom. The predicted molar refractivity (Wildman–Crippen MR) is 95.1 cm³/mol. The molecule has 0 aliphatic carbocycles. The minimum atomic E-state index is -1.30. The normalized spacial score (nSPS) is 11.4. The number of furan rings is 1. The fourth-order valence-electron chi connectivity index (χ4n) is 2.42. The van der Waals surface area contributed by atoms with Crippen LogP contribution in [-0.2, 0) is 0 Å². The zero-order valence-corrected chi connectivity index (χ0v) is 14.0. The number of hydrogen-bond acceptors (Lipinski definition) is 6. The molecule has 7 nitrogen and oxygen atoms in total. The van der Waals surface area contributed by atoms with Gasteiger partial charge in [-0.05, 0) is 29.8 Å². The molecular formula is C20H15N2O5-. The number of nitrogens with one attached hydrogen (secondary N) is 2. The summed E-state index contributed by atoms with van der Waals surface area (Å²) in [6.45, 7) is 0. The maximum atomic E-state index is 12.8. The first-order valence-electron chi connectivity index (χ1n) is 8.06. The molecule has 1 heterocycles. The Morgan fingerprint density at radius 1 is 0.852 bits per heavy atom. The Bertz CT molecular complexity index is 934. The minimum absolute atomic E-state index is 0.00565. The molecule has 0 bridgehead atoms. The van der Waals surface area contributed by atoms with Crippen molar-refractivity contribution in [3.05, 3.63) is 89.9 Å². The van der Waals surface area contributed by atoms with E-state index in [0.717, 1.165) is 0 Å². The van der Waals surface area contributed by atoms with Gasteiger partial charge in [0.2, 0.25) is 5.78 Å². The van der Waals surface area contributed by atoms with Crippen LogP contribution >= 0.6 is 0 Å². The van der Waals surface area contributed by atoms with E-state index in [2.05, 4.69) is 10.6 Å². The van der Waals surface area contributed by atoms with E-state index in [1.807, 2.05) is 0 Å². The van der Waals surface area contributed by atoms with Gasteiger partial charge in [0.25, 0.3) is 5.91 Å². The van der Waals surface area contributed by atoms with Crippen LogP contribution in [0.3, 0.4) is 0 Å². The zero-order valence-electron chi connectivity index (χ0n) is 14.0. The van der Waals surface area contributed by atoms with Crippen molar-refractivity contribution in [3.63, 3.8) is 0 Å². The van der Waals surface area contributed by atoms with Crippen molar-refractivity contribution in [2.45, 2.75) is 6.17 Å². The second-order valence-electron chi connectivity index (χ2n) is 5.62. The Hall–Kier alpha value is -3.87. The number of ketones is 1. The third-order valence-corrected chi connectivity index (χ3v) is 3.77. The summed E-state index contributed by atoms with van der Waals surface area (Å²) in [6.07, 6.45) is 0.272. The average Bonchev–Trinajstić information content (AvgIpc) is 3.23. The molecule has 27 heavy (non-hydrogen) atoms. The van der Waals surface area contributed by atoms with Crippen LogP contribution in [0.1, 0.15) is 31.3 Å². The summed E-state index contributed by atoms with van der Waals surface area (Å²) in [5, 5.41) is 16.3. The zero-order chi connectivity index (χ0) is 19.2. The van der Waals surface area contributed by atoms with Crippen LogP contribution in [0.2, 0.25) is 0 Å². The van der Waals surface area contributed by atoms with Crippen LogP contribution in [0, 0.1) is 0 Å². The molecule has 136 valence electrons. The third-order valence-electron chi connectivity index (χ3n) is 3.77. The summed E-state index contributed by atoms with van der Waals surface area (Å²) in [4.78, 5) is 36.0. The van der Waals surface area contributed by atoms with Crippen molar-refractivity contribution in [2.24, 2.45) is 0 Å². The molecule has 1 unspecified atom stereocenters. The van der Waals surface area contributed by atoms with E-state index in [-0.39, 0.29) is 17.1 Å². The van der Waals surface area contributed by atoms with Crippen molar-refractivity contribution < 1.29 is 23.9 Å². The Balaban J connectivity index is 1.83. The van der Waals surface area contributed by atoms with Gasteiger partial charge in [0, 0.05) is 11.3 Å². The molecule has 3 rings (SSSR count). The van der Waals surface area contributed by atoms with Gasteiger partial charge in [-0.15, -0.1) is 0 Å². The molecule has 0 spiro atoms. The largest absolute Gasteiger partial charge is 0.545 e. The lowest BCUT2D eigenvalue weighted by Crippen LogP contribution is -2.46. The highest BCUT2D eigenvalue weighted by Gasteiger charge is 2.23. The van der Waals surface area contributed by atoms with Crippen molar-refractivity contribution in [1.29, 1.82) is 0 Å². The molecule has 0 aliphatic rings. The molecule has 1 amide bonds. The topological polar surface area (TPSA) is 111 Å². The summed E-state index contributed by atoms with van der Waals surface area (Å²) in [7, 11) is 0. The number of carbonyl (C=O) groups excluding carboxylic acids is 3. The third kappa shape index (κ3) is 4.40. The fourth-order valence-corrected chi connectivity index (χ4v) is 2.42. The summed E-state index contributed by atoms with van der Waals surface area (Å²) in [5.74, 6) is -2.16. The average molecular weight is 363 g/mol. The van der Waals surface area contributed by atoms with Gasteiger partial charge in [-0.2, -0.15) is 0 Å². The van der Waals surface area contributed by atoms with Crippen molar-refractivity contribution >= 4 is 23.3 Å². The predicted octanol–water partition coefficient (Wildman–Crippen LogP) is 1.69. The monoisotopic (exact) mass is 363 g/mol. The van der Waals surface area contributed by atoms with Crippen molar-refractivity contribution in [3.8, 4) is 0 Å². The molecule has 3 aromatic rings. The lowest BCUT2D eigenvalue weighted by atomic mass is 10.1. The Kier molecular flexibility index (Phi) is 5.32. The number of benzene rings is 2. The van der Waals surface area contributed by atoms with Gasteiger partial charge in [-0.3, -0.25) is 9.59 Å². The maximum Gasteiger partial charge on any atom is 0.288 e. The molecule has 0 aliphatic heterocycles. The highest BCUT2D eigenvalue weighted by atomic mass is 16.4. The Labute approximate surface area is 154 Å². The molecule has 0 fully saturated rings. The lowest BCUT2D eigenvalue weighted by molar-refractivity contribution is -0.255. The second-order valence-corrected chi connectivity index (χ2v) is 5.62. The number of carboxylic acid groups (broad SMARTS) is 1. The van der Waals surface area contributed by atoms with E-state index in [1.165, 1.54) is 36.6 Å². The molecule has 1 atom stereocenters. The van der Waals surface area contributed by atoms with E-state index in [9.17, 15) is 19.5 Å². The van der Waals surface area contributed by atoms with Gasteiger partial charge >= 0.3 is 0 Å². The van der Waals surface area contributed by atoms with Gasteiger partial charge in [-0.25, -0.2) is 0 Å². The van der Waals surface area contributed by atoms with E-state index < -0.39 is 18.0 Å². The molecular weight excluding hydrogens is 348 g/mol. The summed E-state index contributed by atoms with van der Waals surface area (Å²) in [5.41, 5.74) is 0.862. The molecule has 7 heteroatoms. The van der Waals surface area contributed by atoms with Crippen molar-refractivity contribution in [2.75, 3.05) is 5.32 Å². The van der Waals surface area contributed by atoms with E-state index in [1.54, 1.807) is 36.4 Å². The second kappa shape index (κ2) is 8.01. The van der Waals surface area contributed by atoms with Crippen LogP contribution in [0.4, 0.5) is 5.69 Å². The van der Waals surface area contributed by atoms with Crippen LogP contribution in [0.15, 0.2) is 77.4 Å². The maximum absolute atomic E-state index is 12.8. The van der Waals surface area contributed by atoms with Crippen LogP contribution < -0.4 is 15.7 Å². The SMILES string of the molecule is O=C([O-])c1ccc(NC(NC(=O)c2ccco2)C(=O)c2ccccc2)cc1. The van der Waals surface area contributed by atoms with Gasteiger partial charge < -0.3 is 25.0 Å². The van der Waals surface area contributed by atoms with E-state index >= 15 is 0 Å². The molecule has 0 saturated carbocycles. The highest BCUT2D eigenvalue weighted by Crippen LogP contribution is 2.13. The van der Waals surface area contributed by atoms with E-state index in [0.29, 0.717) is 11.3 Å². The number of rotatable bonds is 7. The molecule has 0 saturated heterocycles. The fraction of sp³-hybridized carbons (Fsp3) is 0.0500. The van der Waals surface area contributed by atoms with Crippen LogP contribution in [0.5, 0.6) is 0 Å².